The molecule has 0 aromatic heterocycles. The van der Waals surface area contributed by atoms with Crippen LogP contribution in [0.15, 0.2) is 36.4 Å². The fourth-order valence-corrected chi connectivity index (χ4v) is 2.49. The van der Waals surface area contributed by atoms with Gasteiger partial charge in [-0.05, 0) is 50.2 Å². The molecule has 0 saturated carbocycles. The lowest BCUT2D eigenvalue weighted by atomic mass is 10.1. The first kappa shape index (κ1) is 19.1. The van der Waals surface area contributed by atoms with Crippen molar-refractivity contribution in [1.82, 2.24) is 0 Å². The summed E-state index contributed by atoms with van der Waals surface area (Å²) in [6.45, 7) is 3.36. The van der Waals surface area contributed by atoms with Gasteiger partial charge in [0.05, 0.1) is 13.2 Å². The Labute approximate surface area is 160 Å². The van der Waals surface area contributed by atoms with Crippen molar-refractivity contribution in [2.75, 3.05) is 13.2 Å². The molecule has 0 atom stereocenters. The highest BCUT2D eigenvalue weighted by Crippen LogP contribution is 2.45. The summed E-state index contributed by atoms with van der Waals surface area (Å²) >= 11 is 0. The van der Waals surface area contributed by atoms with Gasteiger partial charge >= 0.3 is 11.9 Å². The first-order chi connectivity index (χ1) is 13.4. The molecule has 0 spiro atoms. The molecular formula is C20H16O8. The summed E-state index contributed by atoms with van der Waals surface area (Å²) in [5, 5.41) is 0. The number of carbonyl (C=O) groups excluding carboxylic acids is 4. The fourth-order valence-electron chi connectivity index (χ4n) is 2.49. The van der Waals surface area contributed by atoms with Gasteiger partial charge in [0, 0.05) is 11.1 Å². The molecule has 0 aliphatic carbocycles. The van der Waals surface area contributed by atoms with Crippen LogP contribution in [0.2, 0.25) is 0 Å². The van der Waals surface area contributed by atoms with Gasteiger partial charge in [-0.2, -0.15) is 0 Å². The number of ether oxygens (including phenoxy) is 4. The summed E-state index contributed by atoms with van der Waals surface area (Å²) in [5.41, 5.74) is 0.144. The Hall–Kier alpha value is -3.68. The molecule has 8 nitrogen and oxygen atoms in total. The van der Waals surface area contributed by atoms with Gasteiger partial charge in [0.1, 0.15) is 0 Å². The largest absolute Gasteiger partial charge is 0.460 e. The maximum Gasteiger partial charge on any atom is 0.379 e. The van der Waals surface area contributed by atoms with E-state index in [1.807, 2.05) is 0 Å². The minimum atomic E-state index is -0.970. The molecule has 3 rings (SSSR count). The second kappa shape index (κ2) is 7.91. The third-order valence-electron chi connectivity index (χ3n) is 3.77. The first-order valence-corrected chi connectivity index (χ1v) is 8.51. The van der Waals surface area contributed by atoms with Crippen LogP contribution in [0.1, 0.15) is 34.6 Å². The molecule has 8 heteroatoms. The molecule has 0 saturated heterocycles. The molecule has 144 valence electrons. The molecular weight excluding hydrogens is 368 g/mol. The molecule has 2 aromatic carbocycles. The fraction of sp³-hybridized carbons (Fsp3) is 0.200. The number of benzene rings is 2. The predicted octanol–water partition coefficient (Wildman–Crippen LogP) is 3.08. The van der Waals surface area contributed by atoms with Gasteiger partial charge in [0.25, 0.3) is 11.6 Å². The SMILES string of the molecule is CCOC(=O)C(=O)c1ccc2c(c1)Oc1cc(C(=O)C(=O)OCC)ccc1O2. The normalized spacial score (nSPS) is 11.2. The quantitative estimate of drug-likeness (QED) is 0.363. The highest BCUT2D eigenvalue weighted by Gasteiger charge is 2.25. The van der Waals surface area contributed by atoms with E-state index in [0.29, 0.717) is 11.5 Å². The molecule has 1 aliphatic rings. The van der Waals surface area contributed by atoms with Gasteiger partial charge in [0.2, 0.25) is 0 Å². The lowest BCUT2D eigenvalue weighted by Gasteiger charge is -2.21. The third-order valence-corrected chi connectivity index (χ3v) is 3.77. The predicted molar refractivity (Wildman–Crippen MR) is 95.0 cm³/mol. The van der Waals surface area contributed by atoms with Gasteiger partial charge in [-0.25, -0.2) is 9.59 Å². The van der Waals surface area contributed by atoms with Gasteiger partial charge in [-0.3, -0.25) is 9.59 Å². The Bertz CT molecular complexity index is 899. The van der Waals surface area contributed by atoms with E-state index in [-0.39, 0.29) is 35.8 Å². The average Bonchev–Trinajstić information content (AvgIpc) is 2.70. The van der Waals surface area contributed by atoms with E-state index in [0.717, 1.165) is 0 Å². The zero-order valence-corrected chi connectivity index (χ0v) is 15.1. The zero-order chi connectivity index (χ0) is 20.3. The topological polar surface area (TPSA) is 105 Å². The van der Waals surface area contributed by atoms with E-state index in [4.69, 9.17) is 18.9 Å². The molecule has 2 aromatic rings. The Morgan fingerprint density at radius 1 is 0.679 bits per heavy atom. The second-order valence-electron chi connectivity index (χ2n) is 5.63. The molecule has 0 N–H and O–H groups in total. The van der Waals surface area contributed by atoms with Gasteiger partial charge in [-0.15, -0.1) is 0 Å². The van der Waals surface area contributed by atoms with Crippen LogP contribution in [0.5, 0.6) is 23.0 Å². The summed E-state index contributed by atoms with van der Waals surface area (Å²) in [4.78, 5) is 47.4. The number of hydrogen-bond donors (Lipinski definition) is 0. The number of rotatable bonds is 6. The van der Waals surface area contributed by atoms with Crippen molar-refractivity contribution in [1.29, 1.82) is 0 Å². The van der Waals surface area contributed by atoms with E-state index < -0.39 is 23.5 Å². The highest BCUT2D eigenvalue weighted by atomic mass is 16.6. The summed E-state index contributed by atoms with van der Waals surface area (Å²) < 4.78 is 20.8. The lowest BCUT2D eigenvalue weighted by molar-refractivity contribution is -0.138. The van der Waals surface area contributed by atoms with Crippen LogP contribution in [-0.4, -0.2) is 36.7 Å². The number of esters is 2. The Balaban J connectivity index is 1.86. The van der Waals surface area contributed by atoms with Crippen molar-refractivity contribution in [3.8, 4) is 23.0 Å². The van der Waals surface area contributed by atoms with E-state index in [2.05, 4.69) is 0 Å². The maximum absolute atomic E-state index is 12.1. The standard InChI is InChI=1S/C20H16O8/c1-3-25-19(23)17(21)11-5-7-13-15(9-11)28-16-10-12(6-8-14(16)27-13)18(22)20(24)26-4-2/h5-10H,3-4H2,1-2H3. The molecule has 0 radical (unpaired) electrons. The van der Waals surface area contributed by atoms with Crippen molar-refractivity contribution in [3.63, 3.8) is 0 Å². The number of ketones is 2. The number of hydrogen-bond acceptors (Lipinski definition) is 8. The lowest BCUT2D eigenvalue weighted by Crippen LogP contribution is -2.18. The zero-order valence-electron chi connectivity index (χ0n) is 15.1. The Morgan fingerprint density at radius 3 is 1.46 bits per heavy atom. The monoisotopic (exact) mass is 384 g/mol. The molecule has 1 aliphatic heterocycles. The van der Waals surface area contributed by atoms with Crippen molar-refractivity contribution in [2.24, 2.45) is 0 Å². The molecule has 0 unspecified atom stereocenters. The number of carbonyl (C=O) groups is 4. The van der Waals surface area contributed by atoms with Crippen molar-refractivity contribution in [3.05, 3.63) is 47.5 Å². The highest BCUT2D eigenvalue weighted by molar-refractivity contribution is 6.41. The van der Waals surface area contributed by atoms with Crippen LogP contribution >= 0.6 is 0 Å². The van der Waals surface area contributed by atoms with E-state index in [9.17, 15) is 19.2 Å². The van der Waals surface area contributed by atoms with Gasteiger partial charge in [-0.1, -0.05) is 0 Å². The molecule has 0 amide bonds. The summed E-state index contributed by atoms with van der Waals surface area (Å²) in [7, 11) is 0. The maximum atomic E-state index is 12.1. The summed E-state index contributed by atoms with van der Waals surface area (Å²) in [6, 6.07) is 8.51. The van der Waals surface area contributed by atoms with Gasteiger partial charge in [0.15, 0.2) is 23.0 Å². The van der Waals surface area contributed by atoms with Crippen molar-refractivity contribution in [2.45, 2.75) is 13.8 Å². The van der Waals surface area contributed by atoms with E-state index >= 15 is 0 Å². The number of fused-ring (bicyclic) bond motifs is 2. The van der Waals surface area contributed by atoms with Gasteiger partial charge < -0.3 is 18.9 Å². The smallest absolute Gasteiger partial charge is 0.379 e. The Kier molecular flexibility index (Phi) is 5.39. The molecule has 0 fully saturated rings. The number of Topliss-reactive ketones (excluding diaryl/α,β-unsaturated/α-hetero) is 2. The molecule has 1 heterocycles. The van der Waals surface area contributed by atoms with Crippen molar-refractivity contribution >= 4 is 23.5 Å². The van der Waals surface area contributed by atoms with E-state index in [1.165, 1.54) is 36.4 Å². The first-order valence-electron chi connectivity index (χ1n) is 8.51. The van der Waals surface area contributed by atoms with E-state index in [1.54, 1.807) is 13.8 Å². The second-order valence-corrected chi connectivity index (χ2v) is 5.63. The van der Waals surface area contributed by atoms with Crippen LogP contribution in [0.4, 0.5) is 0 Å². The van der Waals surface area contributed by atoms with Crippen LogP contribution in [0, 0.1) is 0 Å². The molecule has 28 heavy (non-hydrogen) atoms. The van der Waals surface area contributed by atoms with Crippen LogP contribution in [-0.2, 0) is 19.1 Å². The summed E-state index contributed by atoms with van der Waals surface area (Å²) in [5.74, 6) is -2.54. The minimum absolute atomic E-state index is 0.0722. The minimum Gasteiger partial charge on any atom is -0.460 e. The summed E-state index contributed by atoms with van der Waals surface area (Å²) in [6.07, 6.45) is 0. The van der Waals surface area contributed by atoms with Crippen LogP contribution in [0.25, 0.3) is 0 Å². The third kappa shape index (κ3) is 3.71. The van der Waals surface area contributed by atoms with Crippen LogP contribution in [0.3, 0.4) is 0 Å². The molecule has 0 bridgehead atoms. The van der Waals surface area contributed by atoms with Crippen LogP contribution < -0.4 is 9.47 Å². The van der Waals surface area contributed by atoms with Crippen molar-refractivity contribution < 1.29 is 38.1 Å². The average molecular weight is 384 g/mol. The Morgan fingerprint density at radius 2 is 1.07 bits per heavy atom.